The van der Waals surface area contributed by atoms with Gasteiger partial charge < -0.3 is 15.2 Å². The molecule has 0 spiro atoms. The normalized spacial score (nSPS) is 22.5. The van der Waals surface area contributed by atoms with Crippen molar-refractivity contribution in [1.29, 1.82) is 0 Å². The standard InChI is InChI=1S/C15H25N3O2/c1-2-7-19-14-9-17-10-15(18-14)20-11-13-6-4-3-5-12(13)8-16/h9-10,12-13H,2-8,11,16H2,1H3. The molecule has 1 heterocycles. The summed E-state index contributed by atoms with van der Waals surface area (Å²) in [7, 11) is 0. The van der Waals surface area contributed by atoms with E-state index in [2.05, 4.69) is 16.9 Å². The summed E-state index contributed by atoms with van der Waals surface area (Å²) in [5, 5.41) is 0. The molecule has 20 heavy (non-hydrogen) atoms. The van der Waals surface area contributed by atoms with E-state index >= 15 is 0 Å². The van der Waals surface area contributed by atoms with Crippen LogP contribution in [-0.4, -0.2) is 29.7 Å². The summed E-state index contributed by atoms with van der Waals surface area (Å²) in [5.74, 6) is 2.19. The molecule has 1 saturated carbocycles. The molecule has 112 valence electrons. The van der Waals surface area contributed by atoms with Crippen LogP contribution in [0, 0.1) is 11.8 Å². The number of aromatic nitrogens is 2. The first-order chi connectivity index (χ1) is 9.83. The Hall–Kier alpha value is -1.36. The number of nitrogens with zero attached hydrogens (tertiary/aromatic N) is 2. The highest BCUT2D eigenvalue weighted by Crippen LogP contribution is 2.29. The minimum absolute atomic E-state index is 0.531. The van der Waals surface area contributed by atoms with Crippen LogP contribution in [0.15, 0.2) is 12.4 Å². The van der Waals surface area contributed by atoms with Gasteiger partial charge in [-0.3, -0.25) is 4.98 Å². The van der Waals surface area contributed by atoms with Gasteiger partial charge in [0.05, 0.1) is 25.6 Å². The monoisotopic (exact) mass is 279 g/mol. The first-order valence-corrected chi connectivity index (χ1v) is 7.61. The molecule has 1 fully saturated rings. The van der Waals surface area contributed by atoms with Gasteiger partial charge in [0.2, 0.25) is 11.8 Å². The van der Waals surface area contributed by atoms with E-state index in [1.165, 1.54) is 25.7 Å². The van der Waals surface area contributed by atoms with Crippen molar-refractivity contribution in [3.63, 3.8) is 0 Å². The second kappa shape index (κ2) is 8.04. The third-order valence-electron chi connectivity index (χ3n) is 3.86. The number of hydrogen-bond acceptors (Lipinski definition) is 5. The predicted molar refractivity (Wildman–Crippen MR) is 77.8 cm³/mol. The molecule has 5 nitrogen and oxygen atoms in total. The highest BCUT2D eigenvalue weighted by Gasteiger charge is 2.24. The summed E-state index contributed by atoms with van der Waals surface area (Å²) in [6.07, 6.45) is 9.18. The van der Waals surface area contributed by atoms with Gasteiger partial charge in [-0.15, -0.1) is 0 Å². The van der Waals surface area contributed by atoms with Crippen LogP contribution in [0.4, 0.5) is 0 Å². The molecule has 2 rings (SSSR count). The lowest BCUT2D eigenvalue weighted by molar-refractivity contribution is 0.148. The lowest BCUT2D eigenvalue weighted by atomic mass is 9.80. The zero-order valence-electron chi connectivity index (χ0n) is 12.3. The van der Waals surface area contributed by atoms with Crippen molar-refractivity contribution in [3.05, 3.63) is 12.4 Å². The molecule has 5 heteroatoms. The Kier molecular flexibility index (Phi) is 6.05. The van der Waals surface area contributed by atoms with E-state index in [9.17, 15) is 0 Å². The van der Waals surface area contributed by atoms with Crippen molar-refractivity contribution in [3.8, 4) is 11.8 Å². The molecule has 2 unspecified atom stereocenters. The fraction of sp³-hybridized carbons (Fsp3) is 0.733. The minimum atomic E-state index is 0.531. The fourth-order valence-corrected chi connectivity index (χ4v) is 2.68. The Morgan fingerprint density at radius 1 is 1.15 bits per heavy atom. The minimum Gasteiger partial charge on any atom is -0.477 e. The quantitative estimate of drug-likeness (QED) is 0.830. The van der Waals surface area contributed by atoms with Crippen LogP contribution in [0.3, 0.4) is 0 Å². The third kappa shape index (κ3) is 4.34. The number of rotatable bonds is 7. The molecular formula is C15H25N3O2. The van der Waals surface area contributed by atoms with E-state index in [-0.39, 0.29) is 0 Å². The van der Waals surface area contributed by atoms with Gasteiger partial charge in [-0.05, 0) is 37.6 Å². The molecule has 2 atom stereocenters. The van der Waals surface area contributed by atoms with E-state index in [4.69, 9.17) is 15.2 Å². The Balaban J connectivity index is 1.86. The van der Waals surface area contributed by atoms with Crippen LogP contribution in [0.5, 0.6) is 11.8 Å². The number of hydrogen-bond donors (Lipinski definition) is 1. The van der Waals surface area contributed by atoms with Crippen molar-refractivity contribution in [2.45, 2.75) is 39.0 Å². The zero-order chi connectivity index (χ0) is 14.2. The van der Waals surface area contributed by atoms with Crippen molar-refractivity contribution in [1.82, 2.24) is 9.97 Å². The summed E-state index contributed by atoms with van der Waals surface area (Å²) < 4.78 is 11.2. The van der Waals surface area contributed by atoms with Crippen LogP contribution in [0.25, 0.3) is 0 Å². The zero-order valence-corrected chi connectivity index (χ0v) is 12.3. The van der Waals surface area contributed by atoms with Crippen molar-refractivity contribution in [2.24, 2.45) is 17.6 Å². The first kappa shape index (κ1) is 15.0. The molecule has 0 aromatic carbocycles. The Labute approximate surface area is 120 Å². The van der Waals surface area contributed by atoms with Gasteiger partial charge in [0.25, 0.3) is 0 Å². The molecule has 0 amide bonds. The molecule has 2 N–H and O–H groups in total. The molecule has 0 saturated heterocycles. The number of nitrogens with two attached hydrogens (primary N) is 1. The average Bonchev–Trinajstić information content (AvgIpc) is 2.51. The number of ether oxygens (including phenoxy) is 2. The molecule has 0 bridgehead atoms. The van der Waals surface area contributed by atoms with Crippen LogP contribution in [0.2, 0.25) is 0 Å². The van der Waals surface area contributed by atoms with Gasteiger partial charge in [0.15, 0.2) is 0 Å². The average molecular weight is 279 g/mol. The molecule has 0 radical (unpaired) electrons. The van der Waals surface area contributed by atoms with Gasteiger partial charge in [-0.25, -0.2) is 0 Å². The second-order valence-electron chi connectivity index (χ2n) is 5.40. The van der Waals surface area contributed by atoms with Crippen molar-refractivity contribution >= 4 is 0 Å². The smallest absolute Gasteiger partial charge is 0.235 e. The molecule has 0 aliphatic heterocycles. The Morgan fingerprint density at radius 3 is 2.55 bits per heavy atom. The fourth-order valence-electron chi connectivity index (χ4n) is 2.68. The highest BCUT2D eigenvalue weighted by molar-refractivity contribution is 5.12. The largest absolute Gasteiger partial charge is 0.477 e. The maximum absolute atomic E-state index is 5.84. The van der Waals surface area contributed by atoms with E-state index in [1.54, 1.807) is 12.4 Å². The van der Waals surface area contributed by atoms with E-state index < -0.39 is 0 Å². The maximum Gasteiger partial charge on any atom is 0.235 e. The Bertz CT molecular complexity index is 400. The van der Waals surface area contributed by atoms with Crippen LogP contribution in [0.1, 0.15) is 39.0 Å². The lowest BCUT2D eigenvalue weighted by Gasteiger charge is -2.30. The lowest BCUT2D eigenvalue weighted by Crippen LogP contribution is -2.30. The second-order valence-corrected chi connectivity index (χ2v) is 5.40. The van der Waals surface area contributed by atoms with Crippen LogP contribution in [-0.2, 0) is 0 Å². The van der Waals surface area contributed by atoms with Crippen molar-refractivity contribution in [2.75, 3.05) is 19.8 Å². The molecule has 1 aliphatic rings. The third-order valence-corrected chi connectivity index (χ3v) is 3.86. The van der Waals surface area contributed by atoms with E-state index in [1.807, 2.05) is 0 Å². The Morgan fingerprint density at radius 2 is 1.85 bits per heavy atom. The van der Waals surface area contributed by atoms with Gasteiger partial charge in [-0.2, -0.15) is 4.98 Å². The molecule has 1 aliphatic carbocycles. The summed E-state index contributed by atoms with van der Waals surface area (Å²) in [4.78, 5) is 8.41. The molecule has 1 aromatic rings. The van der Waals surface area contributed by atoms with Crippen LogP contribution < -0.4 is 15.2 Å². The van der Waals surface area contributed by atoms with E-state index in [0.29, 0.717) is 36.8 Å². The highest BCUT2D eigenvalue weighted by atomic mass is 16.5. The van der Waals surface area contributed by atoms with E-state index in [0.717, 1.165) is 13.0 Å². The summed E-state index contributed by atoms with van der Waals surface area (Å²) in [6.45, 7) is 4.13. The van der Waals surface area contributed by atoms with Crippen LogP contribution >= 0.6 is 0 Å². The maximum atomic E-state index is 5.84. The summed E-state index contributed by atoms with van der Waals surface area (Å²) >= 11 is 0. The van der Waals surface area contributed by atoms with Gasteiger partial charge in [0, 0.05) is 0 Å². The van der Waals surface area contributed by atoms with Gasteiger partial charge in [-0.1, -0.05) is 19.8 Å². The van der Waals surface area contributed by atoms with Gasteiger partial charge >= 0.3 is 0 Å². The van der Waals surface area contributed by atoms with Gasteiger partial charge in [0.1, 0.15) is 0 Å². The topological polar surface area (TPSA) is 70.3 Å². The molecular weight excluding hydrogens is 254 g/mol. The molecule has 1 aromatic heterocycles. The summed E-state index contributed by atoms with van der Waals surface area (Å²) in [5.41, 5.74) is 5.84. The first-order valence-electron chi connectivity index (χ1n) is 7.61. The predicted octanol–water partition coefficient (Wildman–Crippen LogP) is 2.41. The SMILES string of the molecule is CCCOc1cncc(OCC2CCCCC2CN)n1. The summed E-state index contributed by atoms with van der Waals surface area (Å²) in [6, 6.07) is 0. The van der Waals surface area contributed by atoms with Crippen molar-refractivity contribution < 1.29 is 9.47 Å².